The van der Waals surface area contributed by atoms with Crippen molar-refractivity contribution in [3.8, 4) is 0 Å². The van der Waals surface area contributed by atoms with E-state index in [1.165, 1.54) is 0 Å². The molecule has 13 heavy (non-hydrogen) atoms. The van der Waals surface area contributed by atoms with E-state index in [9.17, 15) is 18.0 Å². The molecule has 1 aliphatic heterocycles. The van der Waals surface area contributed by atoms with Gasteiger partial charge >= 0.3 is 6.18 Å². The predicted octanol–water partition coefficient (Wildman–Crippen LogP) is 2.65. The Morgan fingerprint density at radius 1 is 1.46 bits per heavy atom. The SMILES string of the molecule is O=C(CCC(F)(F)F)C1CCSC1. The Kier molecular flexibility index (Phi) is 3.64. The molecule has 1 atom stereocenters. The van der Waals surface area contributed by atoms with Gasteiger partial charge in [-0.1, -0.05) is 0 Å². The Labute approximate surface area is 79.1 Å². The summed E-state index contributed by atoms with van der Waals surface area (Å²) in [6.07, 6.45) is -4.75. The summed E-state index contributed by atoms with van der Waals surface area (Å²) in [6, 6.07) is 0. The first-order chi connectivity index (χ1) is 5.99. The van der Waals surface area contributed by atoms with Crippen LogP contribution < -0.4 is 0 Å². The molecule has 0 N–H and O–H groups in total. The van der Waals surface area contributed by atoms with Crippen molar-refractivity contribution in [2.75, 3.05) is 11.5 Å². The second kappa shape index (κ2) is 4.35. The average molecular weight is 212 g/mol. The number of alkyl halides is 3. The normalized spacial score (nSPS) is 23.5. The van der Waals surface area contributed by atoms with Crippen LogP contribution in [0.1, 0.15) is 19.3 Å². The monoisotopic (exact) mass is 212 g/mol. The van der Waals surface area contributed by atoms with Gasteiger partial charge in [-0.3, -0.25) is 4.79 Å². The molecule has 0 bridgehead atoms. The zero-order chi connectivity index (χ0) is 9.90. The third kappa shape index (κ3) is 4.02. The summed E-state index contributed by atoms with van der Waals surface area (Å²) in [5, 5.41) is 0. The lowest BCUT2D eigenvalue weighted by molar-refractivity contribution is -0.144. The summed E-state index contributed by atoms with van der Waals surface area (Å²) in [7, 11) is 0. The summed E-state index contributed by atoms with van der Waals surface area (Å²) >= 11 is 1.64. The molecular formula is C8H11F3OS. The maximum atomic E-state index is 11.7. The molecule has 0 saturated carbocycles. The summed E-state index contributed by atoms with van der Waals surface area (Å²) < 4.78 is 35.2. The first-order valence-corrected chi connectivity index (χ1v) is 5.32. The highest BCUT2D eigenvalue weighted by atomic mass is 32.2. The molecule has 1 nitrogen and oxygen atoms in total. The minimum Gasteiger partial charge on any atom is -0.299 e. The van der Waals surface area contributed by atoms with Crippen molar-refractivity contribution in [2.45, 2.75) is 25.4 Å². The molecule has 5 heteroatoms. The second-order valence-electron chi connectivity index (χ2n) is 3.14. The number of carbonyl (C=O) groups excluding carboxylic acids is 1. The van der Waals surface area contributed by atoms with Crippen molar-refractivity contribution < 1.29 is 18.0 Å². The van der Waals surface area contributed by atoms with Gasteiger partial charge in [0, 0.05) is 18.1 Å². The highest BCUT2D eigenvalue weighted by Crippen LogP contribution is 2.28. The zero-order valence-corrected chi connectivity index (χ0v) is 7.88. The minimum atomic E-state index is -4.19. The maximum Gasteiger partial charge on any atom is 0.389 e. The summed E-state index contributed by atoms with van der Waals surface area (Å²) in [6.45, 7) is 0. The Morgan fingerprint density at radius 2 is 2.15 bits per heavy atom. The molecule has 1 aliphatic rings. The van der Waals surface area contributed by atoms with E-state index < -0.39 is 12.6 Å². The summed E-state index contributed by atoms with van der Waals surface area (Å²) in [5.41, 5.74) is 0. The first-order valence-electron chi connectivity index (χ1n) is 4.16. The topological polar surface area (TPSA) is 17.1 Å². The zero-order valence-electron chi connectivity index (χ0n) is 7.06. The van der Waals surface area contributed by atoms with Crippen LogP contribution in [0.15, 0.2) is 0 Å². The molecule has 0 aromatic heterocycles. The van der Waals surface area contributed by atoms with Crippen LogP contribution in [0.25, 0.3) is 0 Å². The van der Waals surface area contributed by atoms with Crippen molar-refractivity contribution in [1.82, 2.24) is 0 Å². The quantitative estimate of drug-likeness (QED) is 0.715. The molecule has 0 aliphatic carbocycles. The number of hydrogen-bond donors (Lipinski definition) is 0. The first kappa shape index (κ1) is 10.9. The van der Waals surface area contributed by atoms with Crippen molar-refractivity contribution in [3.63, 3.8) is 0 Å². The molecule has 1 rings (SSSR count). The van der Waals surface area contributed by atoms with Crippen LogP contribution in [0.4, 0.5) is 13.2 Å². The number of Topliss-reactive ketones (excluding diaryl/α,β-unsaturated/α-hetero) is 1. The van der Waals surface area contributed by atoms with Crippen molar-refractivity contribution in [3.05, 3.63) is 0 Å². The third-order valence-corrected chi connectivity index (χ3v) is 3.20. The molecular weight excluding hydrogens is 201 g/mol. The largest absolute Gasteiger partial charge is 0.389 e. The van der Waals surface area contributed by atoms with Crippen LogP contribution in [0.3, 0.4) is 0 Å². The average Bonchev–Trinajstić information content (AvgIpc) is 2.50. The van der Waals surface area contributed by atoms with Crippen molar-refractivity contribution >= 4 is 17.5 Å². The standard InChI is InChI=1S/C8H11F3OS/c9-8(10,11)3-1-7(12)6-2-4-13-5-6/h6H,1-5H2. The number of hydrogen-bond acceptors (Lipinski definition) is 2. The molecule has 1 unspecified atom stereocenters. The maximum absolute atomic E-state index is 11.7. The van der Waals surface area contributed by atoms with Crippen LogP contribution in [-0.4, -0.2) is 23.5 Å². The Hall–Kier alpha value is -0.190. The molecule has 0 amide bonds. The molecule has 0 radical (unpaired) electrons. The molecule has 0 aromatic carbocycles. The van der Waals surface area contributed by atoms with Gasteiger partial charge in [-0.2, -0.15) is 24.9 Å². The number of carbonyl (C=O) groups is 1. The molecule has 0 spiro atoms. The van der Waals surface area contributed by atoms with E-state index >= 15 is 0 Å². The van der Waals surface area contributed by atoms with Gasteiger partial charge in [-0.05, 0) is 12.2 Å². The highest BCUT2D eigenvalue weighted by Gasteiger charge is 2.30. The number of rotatable bonds is 3. The fraction of sp³-hybridized carbons (Fsp3) is 0.875. The van der Waals surface area contributed by atoms with Crippen molar-refractivity contribution in [2.24, 2.45) is 5.92 Å². The van der Waals surface area contributed by atoms with E-state index in [1.807, 2.05) is 0 Å². The fourth-order valence-electron chi connectivity index (χ4n) is 1.26. The van der Waals surface area contributed by atoms with Crippen LogP contribution in [0, 0.1) is 5.92 Å². The van der Waals surface area contributed by atoms with Gasteiger partial charge in [0.05, 0.1) is 6.42 Å². The highest BCUT2D eigenvalue weighted by molar-refractivity contribution is 7.99. The number of ketones is 1. The van der Waals surface area contributed by atoms with Crippen LogP contribution in [0.2, 0.25) is 0 Å². The molecule has 1 fully saturated rings. The molecule has 0 aromatic rings. The number of halogens is 3. The molecule has 1 saturated heterocycles. The van der Waals surface area contributed by atoms with E-state index in [2.05, 4.69) is 0 Å². The lowest BCUT2D eigenvalue weighted by Gasteiger charge is -2.08. The summed E-state index contributed by atoms with van der Waals surface area (Å²) in [5.74, 6) is 1.27. The van der Waals surface area contributed by atoms with Gasteiger partial charge in [0.25, 0.3) is 0 Å². The van der Waals surface area contributed by atoms with E-state index in [4.69, 9.17) is 0 Å². The van der Waals surface area contributed by atoms with Gasteiger partial charge < -0.3 is 0 Å². The fourth-order valence-corrected chi connectivity index (χ4v) is 2.51. The predicted molar refractivity (Wildman–Crippen MR) is 45.7 cm³/mol. The van der Waals surface area contributed by atoms with E-state index in [0.717, 1.165) is 12.2 Å². The second-order valence-corrected chi connectivity index (χ2v) is 4.29. The Balaban J connectivity index is 2.25. The smallest absolute Gasteiger partial charge is 0.299 e. The van der Waals surface area contributed by atoms with Crippen LogP contribution in [-0.2, 0) is 4.79 Å². The van der Waals surface area contributed by atoms with Crippen LogP contribution >= 0.6 is 11.8 Å². The van der Waals surface area contributed by atoms with Gasteiger partial charge in [-0.25, -0.2) is 0 Å². The lowest BCUT2D eigenvalue weighted by atomic mass is 10.00. The Morgan fingerprint density at radius 3 is 2.62 bits per heavy atom. The summed E-state index contributed by atoms with van der Waals surface area (Å²) in [4.78, 5) is 11.2. The van der Waals surface area contributed by atoms with E-state index in [1.54, 1.807) is 11.8 Å². The van der Waals surface area contributed by atoms with Crippen molar-refractivity contribution in [1.29, 1.82) is 0 Å². The van der Waals surface area contributed by atoms with Gasteiger partial charge in [-0.15, -0.1) is 0 Å². The van der Waals surface area contributed by atoms with Crippen LogP contribution in [0.5, 0.6) is 0 Å². The molecule has 76 valence electrons. The molecule has 1 heterocycles. The minimum absolute atomic E-state index is 0.118. The third-order valence-electron chi connectivity index (χ3n) is 2.04. The van der Waals surface area contributed by atoms with E-state index in [-0.39, 0.29) is 18.1 Å². The van der Waals surface area contributed by atoms with Gasteiger partial charge in [0.2, 0.25) is 0 Å². The van der Waals surface area contributed by atoms with E-state index in [0.29, 0.717) is 5.75 Å². The Bertz CT molecular complexity index is 184. The lowest BCUT2D eigenvalue weighted by Crippen LogP contribution is -2.17. The van der Waals surface area contributed by atoms with Gasteiger partial charge in [0.1, 0.15) is 5.78 Å². The van der Waals surface area contributed by atoms with Gasteiger partial charge in [0.15, 0.2) is 0 Å². The number of thioether (sulfide) groups is 1.